The van der Waals surface area contributed by atoms with Crippen LogP contribution in [-0.2, 0) is 0 Å². The zero-order chi connectivity index (χ0) is 21.2. The number of amides is 1. The Morgan fingerprint density at radius 3 is 2.65 bits per heavy atom. The largest absolute Gasteiger partial charge is 0.508 e. The molecule has 1 aliphatic heterocycles. The van der Waals surface area contributed by atoms with E-state index in [2.05, 4.69) is 20.1 Å². The minimum atomic E-state index is -0.427. The van der Waals surface area contributed by atoms with Gasteiger partial charge in [0.05, 0.1) is 23.6 Å². The van der Waals surface area contributed by atoms with Gasteiger partial charge in [0, 0.05) is 36.1 Å². The van der Waals surface area contributed by atoms with Crippen molar-refractivity contribution in [3.8, 4) is 16.5 Å². The van der Waals surface area contributed by atoms with E-state index in [1.54, 1.807) is 36.9 Å². The Morgan fingerprint density at radius 2 is 1.87 bits per heavy atom. The number of pyridine rings is 2. The number of phenols is 1. The first-order valence-electron chi connectivity index (χ1n) is 9.67. The van der Waals surface area contributed by atoms with E-state index in [1.807, 2.05) is 42.5 Å². The zero-order valence-corrected chi connectivity index (χ0v) is 17.1. The molecule has 1 aromatic carbocycles. The molecule has 0 aliphatic carbocycles. The highest BCUT2D eigenvalue weighted by Gasteiger charge is 2.35. The van der Waals surface area contributed by atoms with Crippen molar-refractivity contribution >= 4 is 23.0 Å². The number of phenolic OH excluding ortho intramolecular Hbond substituents is 1. The Morgan fingerprint density at radius 1 is 1.00 bits per heavy atom. The lowest BCUT2D eigenvalue weighted by Crippen LogP contribution is -2.26. The molecule has 0 radical (unpaired) electrons. The van der Waals surface area contributed by atoms with Crippen LogP contribution in [0, 0.1) is 0 Å². The van der Waals surface area contributed by atoms with Crippen LogP contribution in [0.1, 0.15) is 33.3 Å². The van der Waals surface area contributed by atoms with Gasteiger partial charge in [-0.1, -0.05) is 30.3 Å². The Bertz CT molecular complexity index is 1260. The van der Waals surface area contributed by atoms with Gasteiger partial charge in [-0.25, -0.2) is 9.99 Å². The van der Waals surface area contributed by atoms with Crippen LogP contribution in [0.3, 0.4) is 0 Å². The van der Waals surface area contributed by atoms with Crippen LogP contribution in [0.5, 0.6) is 5.75 Å². The molecule has 0 saturated heterocycles. The summed E-state index contributed by atoms with van der Waals surface area (Å²) < 4.78 is 0. The van der Waals surface area contributed by atoms with Gasteiger partial charge >= 0.3 is 0 Å². The average molecular weight is 427 g/mol. The highest BCUT2D eigenvalue weighted by atomic mass is 32.1. The molecule has 31 heavy (non-hydrogen) atoms. The van der Waals surface area contributed by atoms with Crippen LogP contribution >= 0.6 is 11.3 Å². The molecule has 1 aliphatic rings. The van der Waals surface area contributed by atoms with Crippen molar-refractivity contribution in [3.05, 3.63) is 95.4 Å². The number of hydrazone groups is 1. The van der Waals surface area contributed by atoms with Crippen molar-refractivity contribution in [1.82, 2.24) is 20.0 Å². The Labute approximate surface area is 182 Å². The molecule has 4 heterocycles. The highest BCUT2D eigenvalue weighted by Crippen LogP contribution is 2.38. The predicted octanol–water partition coefficient (Wildman–Crippen LogP) is 4.30. The van der Waals surface area contributed by atoms with Gasteiger partial charge in [0.1, 0.15) is 15.6 Å². The topological polar surface area (TPSA) is 91.6 Å². The van der Waals surface area contributed by atoms with E-state index >= 15 is 0 Å². The van der Waals surface area contributed by atoms with Crippen LogP contribution in [0.4, 0.5) is 0 Å². The molecule has 3 aromatic heterocycles. The minimum Gasteiger partial charge on any atom is -0.508 e. The quantitative estimate of drug-likeness (QED) is 0.524. The summed E-state index contributed by atoms with van der Waals surface area (Å²) in [5.74, 6) is -0.141. The second kappa shape index (κ2) is 8.08. The molecule has 0 spiro atoms. The van der Waals surface area contributed by atoms with Crippen LogP contribution in [0.25, 0.3) is 10.7 Å². The molecule has 1 amide bonds. The first-order chi connectivity index (χ1) is 15.2. The number of thiazole rings is 1. The second-order valence-electron chi connectivity index (χ2n) is 6.96. The predicted molar refractivity (Wildman–Crippen MR) is 118 cm³/mol. The van der Waals surface area contributed by atoms with E-state index in [0.29, 0.717) is 27.6 Å². The van der Waals surface area contributed by atoms with Gasteiger partial charge in [-0.3, -0.25) is 14.8 Å². The molecule has 1 N–H and O–H groups in total. The number of nitrogens with zero attached hydrogens (tertiary/aromatic N) is 5. The lowest BCUT2D eigenvalue weighted by molar-refractivity contribution is 0.0714. The van der Waals surface area contributed by atoms with Crippen LogP contribution in [0.15, 0.2) is 84.5 Å². The summed E-state index contributed by atoms with van der Waals surface area (Å²) in [6.07, 6.45) is 7.13. The van der Waals surface area contributed by atoms with Gasteiger partial charge in [-0.05, 0) is 24.3 Å². The van der Waals surface area contributed by atoms with Gasteiger partial charge in [0.2, 0.25) is 0 Å². The van der Waals surface area contributed by atoms with Crippen molar-refractivity contribution in [2.45, 2.75) is 12.5 Å². The molecule has 5 rings (SSSR count). The molecule has 0 saturated carbocycles. The van der Waals surface area contributed by atoms with Gasteiger partial charge in [0.25, 0.3) is 5.91 Å². The lowest BCUT2D eigenvalue weighted by Gasteiger charge is -2.22. The van der Waals surface area contributed by atoms with Crippen molar-refractivity contribution in [1.29, 1.82) is 0 Å². The molecular formula is C23H17N5O2S. The van der Waals surface area contributed by atoms with Crippen molar-refractivity contribution in [3.63, 3.8) is 0 Å². The Hall–Kier alpha value is -3.91. The number of para-hydroxylation sites is 1. The third-order valence-electron chi connectivity index (χ3n) is 5.01. The van der Waals surface area contributed by atoms with E-state index in [1.165, 1.54) is 16.3 Å². The fraction of sp³-hybridized carbons (Fsp3) is 0.0870. The average Bonchev–Trinajstić information content (AvgIpc) is 3.48. The van der Waals surface area contributed by atoms with Crippen molar-refractivity contribution in [2.24, 2.45) is 5.10 Å². The van der Waals surface area contributed by atoms with Crippen LogP contribution in [-0.4, -0.2) is 36.7 Å². The molecule has 4 aromatic rings. The maximum absolute atomic E-state index is 13.4. The molecule has 152 valence electrons. The van der Waals surface area contributed by atoms with Gasteiger partial charge in [0.15, 0.2) is 0 Å². The third-order valence-corrected chi connectivity index (χ3v) is 6.02. The third kappa shape index (κ3) is 3.69. The first-order valence-corrected chi connectivity index (χ1v) is 10.5. The normalized spacial score (nSPS) is 15.7. The number of rotatable bonds is 4. The summed E-state index contributed by atoms with van der Waals surface area (Å²) in [5.41, 5.74) is 2.94. The molecular weight excluding hydrogens is 410 g/mol. The smallest absolute Gasteiger partial charge is 0.286 e. The van der Waals surface area contributed by atoms with Gasteiger partial charge < -0.3 is 5.11 Å². The van der Waals surface area contributed by atoms with Crippen molar-refractivity contribution < 1.29 is 9.90 Å². The SMILES string of the molecule is O=C(c1cnc(-c2ccccn2)s1)N1N=C(c2cccnc2)CC1c1ccccc1O. The van der Waals surface area contributed by atoms with Gasteiger partial charge in [-0.2, -0.15) is 5.10 Å². The highest BCUT2D eigenvalue weighted by molar-refractivity contribution is 7.16. The fourth-order valence-corrected chi connectivity index (χ4v) is 4.34. The van der Waals surface area contributed by atoms with Crippen LogP contribution in [0.2, 0.25) is 0 Å². The van der Waals surface area contributed by atoms with E-state index in [4.69, 9.17) is 0 Å². The number of hydrogen-bond acceptors (Lipinski definition) is 7. The zero-order valence-electron chi connectivity index (χ0n) is 16.3. The van der Waals surface area contributed by atoms with E-state index < -0.39 is 6.04 Å². The molecule has 0 bridgehead atoms. The maximum atomic E-state index is 13.4. The monoisotopic (exact) mass is 427 g/mol. The maximum Gasteiger partial charge on any atom is 0.286 e. The standard InChI is InChI=1S/C23H17N5O2S/c29-20-9-2-1-7-16(20)19-12-18(15-6-5-10-24-13-15)27-28(19)23(30)21-14-26-22(31-21)17-8-3-4-11-25-17/h1-11,13-14,19,29H,12H2. The summed E-state index contributed by atoms with van der Waals surface area (Å²) >= 11 is 1.27. The number of aromatic nitrogens is 3. The molecule has 8 heteroatoms. The number of carbonyl (C=O) groups excluding carboxylic acids is 1. The minimum absolute atomic E-state index is 0.131. The van der Waals surface area contributed by atoms with E-state index in [9.17, 15) is 9.90 Å². The molecule has 1 unspecified atom stereocenters. The van der Waals surface area contributed by atoms with Gasteiger partial charge in [-0.15, -0.1) is 11.3 Å². The Balaban J connectivity index is 1.52. The summed E-state index contributed by atoms with van der Waals surface area (Å²) in [6, 6.07) is 15.9. The summed E-state index contributed by atoms with van der Waals surface area (Å²) in [5, 5.41) is 17.2. The summed E-state index contributed by atoms with van der Waals surface area (Å²) in [6.45, 7) is 0. The summed E-state index contributed by atoms with van der Waals surface area (Å²) in [7, 11) is 0. The van der Waals surface area contributed by atoms with E-state index in [0.717, 1.165) is 11.3 Å². The number of benzene rings is 1. The molecule has 1 atom stereocenters. The fourth-order valence-electron chi connectivity index (χ4n) is 3.51. The second-order valence-corrected chi connectivity index (χ2v) is 7.99. The lowest BCUT2D eigenvalue weighted by atomic mass is 9.98. The Kier molecular flexibility index (Phi) is 4.97. The van der Waals surface area contributed by atoms with Crippen LogP contribution < -0.4 is 0 Å². The number of hydrogen-bond donors (Lipinski definition) is 1. The molecule has 0 fully saturated rings. The van der Waals surface area contributed by atoms with E-state index in [-0.39, 0.29) is 11.7 Å². The number of aromatic hydroxyl groups is 1. The number of carbonyl (C=O) groups is 1. The van der Waals surface area contributed by atoms with Crippen molar-refractivity contribution in [2.75, 3.05) is 0 Å². The summed E-state index contributed by atoms with van der Waals surface area (Å²) in [4.78, 5) is 26.7. The molecule has 7 nitrogen and oxygen atoms in total. The first kappa shape index (κ1) is 19.1.